The molecule has 2 N–H and O–H groups in total. The summed E-state index contributed by atoms with van der Waals surface area (Å²) in [5.41, 5.74) is 3.14. The van der Waals surface area contributed by atoms with E-state index in [1.54, 1.807) is 19.2 Å². The number of aryl methyl sites for hydroxylation is 1. The van der Waals surface area contributed by atoms with Crippen molar-refractivity contribution in [1.29, 1.82) is 0 Å². The van der Waals surface area contributed by atoms with Crippen LogP contribution >= 0.6 is 12.4 Å². The van der Waals surface area contributed by atoms with E-state index in [1.165, 1.54) is 18.2 Å². The Morgan fingerprint density at radius 2 is 2.06 bits per heavy atom. The number of hydrogen-bond acceptors (Lipinski definition) is 3. The van der Waals surface area contributed by atoms with E-state index in [0.29, 0.717) is 24.2 Å². The van der Waals surface area contributed by atoms with Gasteiger partial charge in [0.25, 0.3) is 5.91 Å². The Hall–Kier alpha value is -2.64. The van der Waals surface area contributed by atoms with Crippen molar-refractivity contribution in [3.05, 3.63) is 64.9 Å². The van der Waals surface area contributed by atoms with Crippen LogP contribution in [0.3, 0.4) is 0 Å². The predicted octanol–water partition coefficient (Wildman–Crippen LogP) is 4.88. The van der Waals surface area contributed by atoms with E-state index < -0.39 is 5.82 Å². The fraction of sp³-hybridized carbons (Fsp3) is 0.400. The van der Waals surface area contributed by atoms with Crippen LogP contribution < -0.4 is 10.1 Å². The van der Waals surface area contributed by atoms with Crippen LogP contribution in [0.1, 0.15) is 41.3 Å². The topological polar surface area (TPSA) is 57.4 Å². The summed E-state index contributed by atoms with van der Waals surface area (Å²) in [5, 5.41) is 3.55. The van der Waals surface area contributed by atoms with Crippen LogP contribution in [0.2, 0.25) is 0 Å². The number of benzene rings is 2. The standard InChI is InChI=1S/C25H29F2N3O2.ClH/c1-3-10-30(11-4-5-16-14-29-23-9-6-17(26)12-20(16)23)18-13-21-19(25(31)28-2)7-8-22(27)24(21)32-15-18;/h6-9,12,14,18,29H,3-5,10-11,13,15H2,1-2H3,(H,28,31);1H. The van der Waals surface area contributed by atoms with Gasteiger partial charge in [0, 0.05) is 41.3 Å². The summed E-state index contributed by atoms with van der Waals surface area (Å²) in [5.74, 6) is -0.707. The molecule has 1 unspecified atom stereocenters. The number of aromatic nitrogens is 1. The average Bonchev–Trinajstić information content (AvgIpc) is 3.20. The molecule has 5 nitrogen and oxygen atoms in total. The molecule has 1 aliphatic rings. The third kappa shape index (κ3) is 5.31. The monoisotopic (exact) mass is 477 g/mol. The van der Waals surface area contributed by atoms with Gasteiger partial charge in [0.2, 0.25) is 0 Å². The van der Waals surface area contributed by atoms with Crippen molar-refractivity contribution in [2.45, 2.75) is 38.6 Å². The Bertz CT molecular complexity index is 1120. The van der Waals surface area contributed by atoms with Crippen molar-refractivity contribution < 1.29 is 18.3 Å². The molecule has 1 amide bonds. The van der Waals surface area contributed by atoms with Crippen molar-refractivity contribution in [1.82, 2.24) is 15.2 Å². The maximum Gasteiger partial charge on any atom is 0.251 e. The van der Waals surface area contributed by atoms with Crippen LogP contribution in [0.4, 0.5) is 8.78 Å². The molecule has 2 aromatic carbocycles. The van der Waals surface area contributed by atoms with Gasteiger partial charge in [0.15, 0.2) is 11.6 Å². The summed E-state index contributed by atoms with van der Waals surface area (Å²) in [7, 11) is 1.57. The second-order valence-electron chi connectivity index (χ2n) is 8.29. The van der Waals surface area contributed by atoms with Gasteiger partial charge in [-0.3, -0.25) is 9.69 Å². The number of rotatable bonds is 8. The molecule has 0 saturated carbocycles. The number of ether oxygens (including phenoxy) is 1. The minimum atomic E-state index is -0.431. The van der Waals surface area contributed by atoms with Gasteiger partial charge in [-0.25, -0.2) is 8.78 Å². The highest BCUT2D eigenvalue weighted by Crippen LogP contribution is 2.32. The van der Waals surface area contributed by atoms with Gasteiger partial charge in [0.05, 0.1) is 0 Å². The van der Waals surface area contributed by atoms with E-state index in [2.05, 4.69) is 22.1 Å². The number of H-pyrrole nitrogens is 1. The third-order valence-corrected chi connectivity index (χ3v) is 6.19. The lowest BCUT2D eigenvalue weighted by Crippen LogP contribution is -2.45. The van der Waals surface area contributed by atoms with E-state index in [-0.39, 0.29) is 35.9 Å². The first-order chi connectivity index (χ1) is 15.5. The number of fused-ring (bicyclic) bond motifs is 2. The molecule has 2 heterocycles. The number of nitrogens with zero attached hydrogens (tertiary/aromatic N) is 1. The zero-order valence-corrected chi connectivity index (χ0v) is 19.7. The number of carbonyl (C=O) groups is 1. The normalized spacial score (nSPS) is 15.1. The summed E-state index contributed by atoms with van der Waals surface area (Å²) >= 11 is 0. The summed E-state index contributed by atoms with van der Waals surface area (Å²) < 4.78 is 33.8. The largest absolute Gasteiger partial charge is 0.489 e. The molecule has 4 rings (SSSR count). The van der Waals surface area contributed by atoms with Gasteiger partial charge >= 0.3 is 0 Å². The molecule has 1 atom stereocenters. The lowest BCUT2D eigenvalue weighted by molar-refractivity contribution is 0.0949. The first-order valence-corrected chi connectivity index (χ1v) is 11.2. The summed E-state index contributed by atoms with van der Waals surface area (Å²) in [6, 6.07) is 7.68. The Balaban J connectivity index is 0.00000306. The molecule has 0 spiro atoms. The highest BCUT2D eigenvalue weighted by molar-refractivity contribution is 5.96. The molecule has 3 aromatic rings. The van der Waals surface area contributed by atoms with Gasteiger partial charge in [0.1, 0.15) is 12.4 Å². The number of halogens is 3. The highest BCUT2D eigenvalue weighted by atomic mass is 35.5. The van der Waals surface area contributed by atoms with E-state index in [4.69, 9.17) is 4.74 Å². The fourth-order valence-electron chi connectivity index (χ4n) is 4.61. The van der Waals surface area contributed by atoms with Crippen LogP contribution in [0.5, 0.6) is 5.75 Å². The molecular formula is C25H30ClF2N3O2. The first kappa shape index (κ1) is 25.0. The maximum absolute atomic E-state index is 14.3. The Labute approximate surface area is 198 Å². The molecule has 178 valence electrons. The minimum Gasteiger partial charge on any atom is -0.489 e. The summed E-state index contributed by atoms with van der Waals surface area (Å²) in [4.78, 5) is 17.9. The van der Waals surface area contributed by atoms with Crippen LogP contribution in [0.15, 0.2) is 36.5 Å². The minimum absolute atomic E-state index is 0. The van der Waals surface area contributed by atoms with Crippen molar-refractivity contribution in [3.63, 3.8) is 0 Å². The Kier molecular flexibility index (Phi) is 8.32. The zero-order chi connectivity index (χ0) is 22.7. The van der Waals surface area contributed by atoms with E-state index in [1.807, 2.05) is 6.20 Å². The lowest BCUT2D eigenvalue weighted by Gasteiger charge is -2.35. The second-order valence-corrected chi connectivity index (χ2v) is 8.29. The van der Waals surface area contributed by atoms with Gasteiger partial charge in [-0.05, 0) is 74.7 Å². The van der Waals surface area contributed by atoms with E-state index >= 15 is 0 Å². The first-order valence-electron chi connectivity index (χ1n) is 11.2. The molecule has 0 aliphatic carbocycles. The van der Waals surface area contributed by atoms with Gasteiger partial charge in [-0.15, -0.1) is 12.4 Å². The zero-order valence-electron chi connectivity index (χ0n) is 18.9. The van der Waals surface area contributed by atoms with Crippen LogP contribution in [0, 0.1) is 11.6 Å². The molecule has 0 radical (unpaired) electrons. The van der Waals surface area contributed by atoms with E-state index in [0.717, 1.165) is 48.8 Å². The van der Waals surface area contributed by atoms with Crippen LogP contribution in [0.25, 0.3) is 10.9 Å². The third-order valence-electron chi connectivity index (χ3n) is 6.19. The lowest BCUT2D eigenvalue weighted by atomic mass is 9.95. The van der Waals surface area contributed by atoms with Crippen LogP contribution in [-0.2, 0) is 12.8 Å². The molecule has 1 aliphatic heterocycles. The molecule has 1 aromatic heterocycles. The fourth-order valence-corrected chi connectivity index (χ4v) is 4.61. The number of hydrogen-bond donors (Lipinski definition) is 2. The molecule has 33 heavy (non-hydrogen) atoms. The van der Waals surface area contributed by atoms with Crippen molar-refractivity contribution in [2.24, 2.45) is 0 Å². The Morgan fingerprint density at radius 1 is 1.24 bits per heavy atom. The molecule has 0 saturated heterocycles. The number of carbonyl (C=O) groups excluding carboxylic acids is 1. The highest BCUT2D eigenvalue weighted by Gasteiger charge is 2.30. The van der Waals surface area contributed by atoms with Crippen molar-refractivity contribution >= 4 is 29.2 Å². The number of aromatic amines is 1. The summed E-state index contributed by atoms with van der Waals surface area (Å²) in [6.45, 7) is 4.24. The Morgan fingerprint density at radius 3 is 2.82 bits per heavy atom. The molecule has 8 heteroatoms. The smallest absolute Gasteiger partial charge is 0.251 e. The van der Waals surface area contributed by atoms with Crippen LogP contribution in [-0.4, -0.2) is 48.6 Å². The van der Waals surface area contributed by atoms with Gasteiger partial charge in [-0.2, -0.15) is 0 Å². The number of nitrogens with one attached hydrogen (secondary N) is 2. The SMILES string of the molecule is CCCN(CCCc1c[nH]c2ccc(F)cc12)C1COc2c(F)ccc(C(=O)NC)c2C1.Cl. The second kappa shape index (κ2) is 11.0. The van der Waals surface area contributed by atoms with Gasteiger partial charge in [-0.1, -0.05) is 6.92 Å². The van der Waals surface area contributed by atoms with Crippen molar-refractivity contribution in [2.75, 3.05) is 26.7 Å². The van der Waals surface area contributed by atoms with Gasteiger partial charge < -0.3 is 15.0 Å². The molecular weight excluding hydrogens is 448 g/mol. The quantitative estimate of drug-likeness (QED) is 0.486. The maximum atomic E-state index is 14.3. The predicted molar refractivity (Wildman–Crippen MR) is 128 cm³/mol. The number of amides is 1. The van der Waals surface area contributed by atoms with E-state index in [9.17, 15) is 13.6 Å². The molecule has 0 fully saturated rings. The average molecular weight is 478 g/mol. The summed E-state index contributed by atoms with van der Waals surface area (Å²) in [6.07, 6.45) is 5.22. The van der Waals surface area contributed by atoms with Crippen molar-refractivity contribution in [3.8, 4) is 5.75 Å². The molecule has 0 bridgehead atoms.